The summed E-state index contributed by atoms with van der Waals surface area (Å²) in [5, 5.41) is 6.87. The average Bonchev–Trinajstić information content (AvgIpc) is 2.65. The van der Waals surface area contributed by atoms with E-state index in [4.69, 9.17) is 4.74 Å². The fourth-order valence-corrected chi connectivity index (χ4v) is 2.60. The Hall–Kier alpha value is -0.450. The van der Waals surface area contributed by atoms with Gasteiger partial charge in [-0.05, 0) is 26.3 Å². The molecule has 0 aliphatic rings. The Labute approximate surface area is 102 Å². The van der Waals surface area contributed by atoms with Gasteiger partial charge in [0.15, 0.2) is 0 Å². The number of nitrogens with one attached hydrogen (secondary N) is 1. The zero-order chi connectivity index (χ0) is 11.8. The molecule has 0 saturated heterocycles. The van der Waals surface area contributed by atoms with E-state index in [0.717, 1.165) is 38.1 Å². The summed E-state index contributed by atoms with van der Waals surface area (Å²) < 4.78 is 5.08. The standard InChI is InChI=1S/C12H22N2OS/c1-4-13-11(6-5-7-15-3)8-12-14-10(2)9-16-12/h9,11,13H,4-8H2,1-3H3. The molecule has 0 aromatic carbocycles. The monoisotopic (exact) mass is 242 g/mol. The summed E-state index contributed by atoms with van der Waals surface area (Å²) in [7, 11) is 1.76. The summed E-state index contributed by atoms with van der Waals surface area (Å²) in [6.07, 6.45) is 3.30. The molecule has 1 aromatic rings. The number of nitrogens with zero attached hydrogens (tertiary/aromatic N) is 1. The third kappa shape index (κ3) is 5.05. The lowest BCUT2D eigenvalue weighted by molar-refractivity contribution is 0.188. The molecule has 16 heavy (non-hydrogen) atoms. The van der Waals surface area contributed by atoms with Crippen molar-refractivity contribution in [2.45, 2.75) is 39.2 Å². The Kier molecular flexibility index (Phi) is 6.61. The van der Waals surface area contributed by atoms with Crippen molar-refractivity contribution in [2.75, 3.05) is 20.3 Å². The largest absolute Gasteiger partial charge is 0.385 e. The summed E-state index contributed by atoms with van der Waals surface area (Å²) in [5.74, 6) is 0. The lowest BCUT2D eigenvalue weighted by atomic mass is 10.1. The Morgan fingerprint density at radius 2 is 2.38 bits per heavy atom. The Morgan fingerprint density at radius 3 is 2.94 bits per heavy atom. The zero-order valence-corrected chi connectivity index (χ0v) is 11.3. The minimum absolute atomic E-state index is 0.533. The van der Waals surface area contributed by atoms with Crippen molar-refractivity contribution in [2.24, 2.45) is 0 Å². The third-order valence-corrected chi connectivity index (χ3v) is 3.47. The van der Waals surface area contributed by atoms with Gasteiger partial charge in [0.25, 0.3) is 0 Å². The van der Waals surface area contributed by atoms with Gasteiger partial charge >= 0.3 is 0 Å². The van der Waals surface area contributed by atoms with Gasteiger partial charge in [0, 0.05) is 37.3 Å². The van der Waals surface area contributed by atoms with E-state index < -0.39 is 0 Å². The molecule has 0 amide bonds. The number of hydrogen-bond acceptors (Lipinski definition) is 4. The average molecular weight is 242 g/mol. The molecule has 92 valence electrons. The van der Waals surface area contributed by atoms with Crippen LogP contribution in [-0.2, 0) is 11.2 Å². The Morgan fingerprint density at radius 1 is 1.56 bits per heavy atom. The number of likely N-dealkylation sites (N-methyl/N-ethyl adjacent to an activating group) is 1. The normalized spacial score (nSPS) is 12.9. The van der Waals surface area contributed by atoms with Crippen LogP contribution in [0.3, 0.4) is 0 Å². The van der Waals surface area contributed by atoms with Crippen LogP contribution in [0.25, 0.3) is 0 Å². The van der Waals surface area contributed by atoms with Crippen LogP contribution < -0.4 is 5.32 Å². The first kappa shape index (κ1) is 13.6. The second-order valence-corrected chi connectivity index (χ2v) is 4.92. The number of ether oxygens (including phenoxy) is 1. The predicted octanol–water partition coefficient (Wildman–Crippen LogP) is 2.40. The highest BCUT2D eigenvalue weighted by Gasteiger charge is 2.10. The zero-order valence-electron chi connectivity index (χ0n) is 10.5. The van der Waals surface area contributed by atoms with Crippen LogP contribution in [0.2, 0.25) is 0 Å². The van der Waals surface area contributed by atoms with E-state index in [1.165, 1.54) is 5.01 Å². The van der Waals surface area contributed by atoms with Gasteiger partial charge in [-0.25, -0.2) is 4.98 Å². The van der Waals surface area contributed by atoms with Crippen molar-refractivity contribution in [1.29, 1.82) is 0 Å². The second-order valence-electron chi connectivity index (χ2n) is 3.98. The lowest BCUT2D eigenvalue weighted by Crippen LogP contribution is -2.31. The molecule has 4 heteroatoms. The van der Waals surface area contributed by atoms with Gasteiger partial charge in [0.2, 0.25) is 0 Å². The fraction of sp³-hybridized carbons (Fsp3) is 0.750. The molecule has 0 bridgehead atoms. The molecular weight excluding hydrogens is 220 g/mol. The molecule has 1 atom stereocenters. The van der Waals surface area contributed by atoms with E-state index in [2.05, 4.69) is 22.6 Å². The molecular formula is C12H22N2OS. The Balaban J connectivity index is 2.37. The first-order chi connectivity index (χ1) is 7.76. The molecule has 0 spiro atoms. The summed E-state index contributed by atoms with van der Waals surface area (Å²) in [4.78, 5) is 4.51. The number of hydrogen-bond donors (Lipinski definition) is 1. The highest BCUT2D eigenvalue weighted by atomic mass is 32.1. The molecule has 1 aromatic heterocycles. The van der Waals surface area contributed by atoms with Crippen LogP contribution in [0.4, 0.5) is 0 Å². The number of thiazole rings is 1. The van der Waals surface area contributed by atoms with Gasteiger partial charge in [0.05, 0.1) is 5.01 Å². The number of rotatable bonds is 8. The van der Waals surface area contributed by atoms with E-state index in [0.29, 0.717) is 6.04 Å². The van der Waals surface area contributed by atoms with Crippen LogP contribution in [0.1, 0.15) is 30.5 Å². The molecule has 0 aliphatic heterocycles. The van der Waals surface area contributed by atoms with Crippen molar-refractivity contribution < 1.29 is 4.74 Å². The molecule has 3 nitrogen and oxygen atoms in total. The first-order valence-electron chi connectivity index (χ1n) is 5.89. The van der Waals surface area contributed by atoms with Crippen LogP contribution in [0.15, 0.2) is 5.38 Å². The van der Waals surface area contributed by atoms with Gasteiger partial charge in [0.1, 0.15) is 0 Å². The molecule has 1 rings (SSSR count). The highest BCUT2D eigenvalue weighted by molar-refractivity contribution is 7.09. The van der Waals surface area contributed by atoms with Gasteiger partial charge < -0.3 is 10.1 Å². The smallest absolute Gasteiger partial charge is 0.0943 e. The van der Waals surface area contributed by atoms with E-state index in [1.807, 2.05) is 6.92 Å². The molecule has 1 heterocycles. The van der Waals surface area contributed by atoms with Crippen molar-refractivity contribution in [3.8, 4) is 0 Å². The van der Waals surface area contributed by atoms with Gasteiger partial charge in [-0.1, -0.05) is 6.92 Å². The minimum Gasteiger partial charge on any atom is -0.385 e. The second kappa shape index (κ2) is 7.76. The summed E-state index contributed by atoms with van der Waals surface area (Å²) in [5.41, 5.74) is 1.13. The van der Waals surface area contributed by atoms with Crippen LogP contribution >= 0.6 is 11.3 Å². The maximum atomic E-state index is 5.08. The third-order valence-electron chi connectivity index (χ3n) is 2.48. The molecule has 0 fully saturated rings. The van der Waals surface area contributed by atoms with E-state index >= 15 is 0 Å². The summed E-state index contributed by atoms with van der Waals surface area (Å²) in [6, 6.07) is 0.533. The maximum absolute atomic E-state index is 5.08. The van der Waals surface area contributed by atoms with Crippen LogP contribution in [0.5, 0.6) is 0 Å². The van der Waals surface area contributed by atoms with Crippen molar-refractivity contribution >= 4 is 11.3 Å². The molecule has 1 N–H and O–H groups in total. The summed E-state index contributed by atoms with van der Waals surface area (Å²) in [6.45, 7) is 6.06. The SMILES string of the molecule is CCNC(CCCOC)Cc1nc(C)cs1. The van der Waals surface area contributed by atoms with Gasteiger partial charge in [-0.3, -0.25) is 0 Å². The number of aryl methyl sites for hydroxylation is 1. The van der Waals surface area contributed by atoms with Crippen LogP contribution in [-0.4, -0.2) is 31.3 Å². The van der Waals surface area contributed by atoms with E-state index in [-0.39, 0.29) is 0 Å². The molecule has 0 saturated carbocycles. The fourth-order valence-electron chi connectivity index (χ4n) is 1.75. The number of methoxy groups -OCH3 is 1. The van der Waals surface area contributed by atoms with Crippen molar-refractivity contribution in [3.05, 3.63) is 16.1 Å². The van der Waals surface area contributed by atoms with Crippen molar-refractivity contribution in [1.82, 2.24) is 10.3 Å². The Bertz CT molecular complexity index is 288. The van der Waals surface area contributed by atoms with Gasteiger partial charge in [-0.2, -0.15) is 0 Å². The molecule has 1 unspecified atom stereocenters. The highest BCUT2D eigenvalue weighted by Crippen LogP contribution is 2.13. The predicted molar refractivity (Wildman–Crippen MR) is 69.1 cm³/mol. The topological polar surface area (TPSA) is 34.1 Å². The maximum Gasteiger partial charge on any atom is 0.0943 e. The van der Waals surface area contributed by atoms with Crippen molar-refractivity contribution in [3.63, 3.8) is 0 Å². The minimum atomic E-state index is 0.533. The van der Waals surface area contributed by atoms with Crippen LogP contribution in [0, 0.1) is 6.92 Å². The summed E-state index contributed by atoms with van der Waals surface area (Å²) >= 11 is 1.76. The van der Waals surface area contributed by atoms with Gasteiger partial charge in [-0.15, -0.1) is 11.3 Å². The lowest BCUT2D eigenvalue weighted by Gasteiger charge is -2.16. The van der Waals surface area contributed by atoms with E-state index in [9.17, 15) is 0 Å². The number of aromatic nitrogens is 1. The van der Waals surface area contributed by atoms with E-state index in [1.54, 1.807) is 18.4 Å². The molecule has 0 aliphatic carbocycles. The first-order valence-corrected chi connectivity index (χ1v) is 6.77. The molecule has 0 radical (unpaired) electrons. The quantitative estimate of drug-likeness (QED) is 0.711.